The fourth-order valence-corrected chi connectivity index (χ4v) is 16.0. The van der Waals surface area contributed by atoms with Crippen LogP contribution in [0.1, 0.15) is 26.7 Å². The van der Waals surface area contributed by atoms with Crippen LogP contribution >= 0.6 is 0 Å². The van der Waals surface area contributed by atoms with E-state index in [0.29, 0.717) is 13.2 Å². The average Bonchev–Trinajstić information content (AvgIpc) is 3.17. The van der Waals surface area contributed by atoms with E-state index in [1.807, 2.05) is 0 Å². The molecule has 0 aromatic heterocycles. The predicted molar refractivity (Wildman–Crippen MR) is 117 cm³/mol. The van der Waals surface area contributed by atoms with E-state index in [4.69, 9.17) is 0 Å². The molecule has 0 fully saturated rings. The first kappa shape index (κ1) is 28.6. The first-order valence-electron chi connectivity index (χ1n) is 9.85. The second-order valence-electron chi connectivity index (χ2n) is 9.16. The van der Waals surface area contributed by atoms with Gasteiger partial charge in [-0.1, -0.05) is 0 Å². The molecular weight excluding hydrogens is 503 g/mol. The maximum Gasteiger partial charge on any atom is -1.00 e. The molecule has 0 bridgehead atoms. The van der Waals surface area contributed by atoms with Crippen LogP contribution in [0, 0.1) is 0 Å². The van der Waals surface area contributed by atoms with Crippen LogP contribution < -0.4 is 24.8 Å². The third-order valence-electron chi connectivity index (χ3n) is 5.92. The second-order valence-corrected chi connectivity index (χ2v) is 26.3. The van der Waals surface area contributed by atoms with Crippen molar-refractivity contribution in [3.8, 4) is 0 Å². The normalized spacial score (nSPS) is 16.1. The van der Waals surface area contributed by atoms with Crippen molar-refractivity contribution in [2.45, 2.75) is 65.0 Å². The molecule has 28 heavy (non-hydrogen) atoms. The van der Waals surface area contributed by atoms with E-state index < -0.39 is 37.4 Å². The Morgan fingerprint density at radius 2 is 1.18 bits per heavy atom. The minimum absolute atomic E-state index is 0. The van der Waals surface area contributed by atoms with Crippen LogP contribution in [-0.4, -0.2) is 42.8 Å². The molecule has 0 atom stereocenters. The summed E-state index contributed by atoms with van der Waals surface area (Å²) in [5.74, 6) is 0. The van der Waals surface area contributed by atoms with Gasteiger partial charge in [0.05, 0.1) is 0 Å². The summed E-state index contributed by atoms with van der Waals surface area (Å²) >= 11 is -1.91. The summed E-state index contributed by atoms with van der Waals surface area (Å²) < 4.78 is 5.12. The van der Waals surface area contributed by atoms with E-state index in [9.17, 15) is 10.2 Å². The molecular formula is C21H36Cl2O2Si2Zr. The van der Waals surface area contributed by atoms with E-state index >= 15 is 0 Å². The monoisotopic (exact) mass is 536 g/mol. The summed E-state index contributed by atoms with van der Waals surface area (Å²) in [5, 5.41) is 21.9. The fraction of sp³-hybridized carbons (Fsp3) is 0.571. The maximum atomic E-state index is 9.41. The number of aliphatic hydroxyl groups is 2. The van der Waals surface area contributed by atoms with Crippen molar-refractivity contribution in [2.75, 3.05) is 13.2 Å². The van der Waals surface area contributed by atoms with Gasteiger partial charge in [-0.15, -0.1) is 0 Å². The Morgan fingerprint density at radius 3 is 1.46 bits per heavy atom. The summed E-state index contributed by atoms with van der Waals surface area (Å²) in [7, 11) is -2.97. The zero-order chi connectivity index (χ0) is 19.5. The van der Waals surface area contributed by atoms with Crippen LogP contribution in [0.5, 0.6) is 0 Å². The summed E-state index contributed by atoms with van der Waals surface area (Å²) in [6.45, 7) is 14.9. The zero-order valence-corrected chi connectivity index (χ0v) is 24.2. The van der Waals surface area contributed by atoms with Gasteiger partial charge < -0.3 is 24.8 Å². The molecule has 0 aromatic rings. The number of rotatable bonds is 8. The van der Waals surface area contributed by atoms with Gasteiger partial charge in [0, 0.05) is 0 Å². The molecule has 0 spiro atoms. The van der Waals surface area contributed by atoms with Gasteiger partial charge in [-0.3, -0.25) is 0 Å². The van der Waals surface area contributed by atoms with Crippen LogP contribution in [0.25, 0.3) is 0 Å². The zero-order valence-electron chi connectivity index (χ0n) is 18.2. The van der Waals surface area contributed by atoms with Crippen molar-refractivity contribution < 1.29 is 56.3 Å². The number of allylic oxidation sites excluding steroid dienone is 8. The maximum absolute atomic E-state index is 9.41. The van der Waals surface area contributed by atoms with Crippen LogP contribution in [0.4, 0.5) is 0 Å². The van der Waals surface area contributed by atoms with Crippen molar-refractivity contribution in [3.63, 3.8) is 0 Å². The molecule has 0 heterocycles. The molecule has 2 N–H and O–H groups in total. The van der Waals surface area contributed by atoms with E-state index in [0.717, 1.165) is 24.9 Å². The Kier molecular flexibility index (Phi) is 12.2. The Bertz CT molecular complexity index is 662. The second kappa shape index (κ2) is 11.9. The minimum atomic E-state index is -1.91. The fourth-order valence-electron chi connectivity index (χ4n) is 4.04. The van der Waals surface area contributed by atoms with Crippen LogP contribution in [-0.2, 0) is 21.3 Å². The number of hydrogen-bond acceptors (Lipinski definition) is 2. The molecule has 0 radical (unpaired) electrons. The molecule has 0 aromatic carbocycles. The van der Waals surface area contributed by atoms with Crippen molar-refractivity contribution in [2.24, 2.45) is 0 Å². The smallest absolute Gasteiger partial charge is 1.00 e. The largest absolute Gasteiger partial charge is 1.00 e. The molecule has 0 amide bonds. The van der Waals surface area contributed by atoms with Gasteiger partial charge >= 0.3 is 170 Å². The summed E-state index contributed by atoms with van der Waals surface area (Å²) in [4.78, 5) is 0. The van der Waals surface area contributed by atoms with Crippen molar-refractivity contribution in [1.29, 1.82) is 0 Å². The van der Waals surface area contributed by atoms with Gasteiger partial charge in [0.2, 0.25) is 0 Å². The third-order valence-corrected chi connectivity index (χ3v) is 20.0. The van der Waals surface area contributed by atoms with E-state index in [1.165, 1.54) is 0 Å². The first-order valence-corrected chi connectivity index (χ1v) is 19.9. The van der Waals surface area contributed by atoms with Crippen LogP contribution in [0.15, 0.2) is 41.3 Å². The topological polar surface area (TPSA) is 40.5 Å². The van der Waals surface area contributed by atoms with Gasteiger partial charge in [-0.05, 0) is 0 Å². The molecule has 2 nitrogen and oxygen atoms in total. The van der Waals surface area contributed by atoms with Gasteiger partial charge in [-0.25, -0.2) is 0 Å². The quantitative estimate of drug-likeness (QED) is 0.379. The van der Waals surface area contributed by atoms with E-state index in [1.54, 1.807) is 20.2 Å². The molecule has 2 aliphatic carbocycles. The minimum Gasteiger partial charge on any atom is -1.00 e. The van der Waals surface area contributed by atoms with Crippen LogP contribution in [0.3, 0.4) is 0 Å². The van der Waals surface area contributed by atoms with Crippen molar-refractivity contribution in [3.05, 3.63) is 41.3 Å². The molecule has 0 aliphatic heterocycles. The standard InChI is InChI=1S/2C9H15OSi.C3H6.2ClH.Zr/c2*1-11(2,8-7-10)9-5-3-4-6-9;1-3-2;;;/h2*5-6,10H,3,7-8H2,1-2H3;1-2H3;2*1H;/q;;;;;+2/p-2. The van der Waals surface area contributed by atoms with Crippen molar-refractivity contribution >= 4 is 19.4 Å². The number of halogens is 2. The molecule has 2 aliphatic rings. The average molecular weight is 539 g/mol. The van der Waals surface area contributed by atoms with Crippen LogP contribution in [0.2, 0.25) is 38.3 Å². The molecule has 7 heteroatoms. The van der Waals surface area contributed by atoms with E-state index in [2.05, 4.69) is 64.3 Å². The van der Waals surface area contributed by atoms with Crippen molar-refractivity contribution in [1.82, 2.24) is 0 Å². The molecule has 2 rings (SSSR count). The molecule has 0 saturated heterocycles. The Labute approximate surface area is 193 Å². The Balaban J connectivity index is 0.00000364. The summed E-state index contributed by atoms with van der Waals surface area (Å²) in [5.41, 5.74) is 0. The SMILES string of the molecule is C[C](C)=[Zr+2]([C]1=CC([Si](C)(C)CCO)=CC1)[C]1=CC([Si](C)(C)CCO)=CC1.[Cl-].[Cl-]. The number of hydrogen-bond donors (Lipinski definition) is 2. The van der Waals surface area contributed by atoms with E-state index in [-0.39, 0.29) is 24.8 Å². The Hall–Kier alpha value is 0.647. The van der Waals surface area contributed by atoms with Gasteiger partial charge in [0.25, 0.3) is 0 Å². The van der Waals surface area contributed by atoms with Gasteiger partial charge in [-0.2, -0.15) is 0 Å². The third kappa shape index (κ3) is 6.83. The first-order chi connectivity index (χ1) is 12.1. The molecule has 158 valence electrons. The molecule has 0 unspecified atom stereocenters. The number of aliphatic hydroxyl groups excluding tert-OH is 2. The summed E-state index contributed by atoms with van der Waals surface area (Å²) in [6, 6.07) is 1.93. The Morgan fingerprint density at radius 1 is 0.821 bits per heavy atom. The van der Waals surface area contributed by atoms with Gasteiger partial charge in [0.15, 0.2) is 0 Å². The van der Waals surface area contributed by atoms with Gasteiger partial charge in [0.1, 0.15) is 0 Å². The summed E-state index contributed by atoms with van der Waals surface area (Å²) in [6.07, 6.45) is 12.3. The molecule has 0 saturated carbocycles. The predicted octanol–water partition coefficient (Wildman–Crippen LogP) is -1.27.